The number of alkyl halides is 3. The lowest BCUT2D eigenvalue weighted by Gasteiger charge is -2.24. The third-order valence-corrected chi connectivity index (χ3v) is 7.83. The molecule has 0 radical (unpaired) electrons. The molecular weight excluding hydrogens is 603 g/mol. The first kappa shape index (κ1) is 33.0. The van der Waals surface area contributed by atoms with Crippen molar-refractivity contribution in [1.82, 2.24) is 4.90 Å². The van der Waals surface area contributed by atoms with Crippen LogP contribution in [0.3, 0.4) is 0 Å². The van der Waals surface area contributed by atoms with Crippen molar-refractivity contribution < 1.29 is 32.6 Å². The Morgan fingerprint density at radius 3 is 2.00 bits per heavy atom. The first-order valence-electron chi connectivity index (χ1n) is 15.3. The molecule has 0 spiro atoms. The van der Waals surface area contributed by atoms with E-state index in [-0.39, 0.29) is 19.5 Å². The number of ether oxygens (including phenoxy) is 1. The highest BCUT2D eigenvalue weighted by Gasteiger charge is 2.30. The molecule has 8 heteroatoms. The lowest BCUT2D eigenvalue weighted by Crippen LogP contribution is -2.33. The summed E-state index contributed by atoms with van der Waals surface area (Å²) < 4.78 is 45.6. The molecule has 5 rings (SSSR count). The average molecular weight is 638 g/mol. The fourth-order valence-electron chi connectivity index (χ4n) is 5.34. The topological polar surface area (TPSA) is 66.8 Å². The van der Waals surface area contributed by atoms with Crippen molar-refractivity contribution in [2.75, 3.05) is 6.54 Å². The van der Waals surface area contributed by atoms with Crippen LogP contribution in [0.25, 0.3) is 11.1 Å². The maximum absolute atomic E-state index is 14.1. The van der Waals surface area contributed by atoms with Gasteiger partial charge in [-0.3, -0.25) is 9.59 Å². The second-order valence-electron chi connectivity index (χ2n) is 11.2. The number of carboxylic acid groups (broad SMARTS) is 1. The van der Waals surface area contributed by atoms with Gasteiger partial charge >= 0.3 is 12.1 Å². The Labute approximate surface area is 271 Å². The van der Waals surface area contributed by atoms with Crippen molar-refractivity contribution in [3.05, 3.63) is 161 Å². The monoisotopic (exact) mass is 637 g/mol. The van der Waals surface area contributed by atoms with Gasteiger partial charge in [0.15, 0.2) is 0 Å². The Balaban J connectivity index is 1.47. The Kier molecular flexibility index (Phi) is 10.7. The summed E-state index contributed by atoms with van der Waals surface area (Å²) >= 11 is 0. The summed E-state index contributed by atoms with van der Waals surface area (Å²) in [5.74, 6) is -0.786. The third-order valence-electron chi connectivity index (χ3n) is 7.83. The minimum absolute atomic E-state index is 0.0414. The van der Waals surface area contributed by atoms with Crippen LogP contribution in [0, 0.1) is 0 Å². The van der Waals surface area contributed by atoms with Crippen molar-refractivity contribution in [2.45, 2.75) is 38.6 Å². The molecule has 0 fully saturated rings. The highest BCUT2D eigenvalue weighted by Crippen LogP contribution is 2.33. The second kappa shape index (κ2) is 15.3. The molecule has 47 heavy (non-hydrogen) atoms. The van der Waals surface area contributed by atoms with Crippen LogP contribution in [0.15, 0.2) is 127 Å². The van der Waals surface area contributed by atoms with Crippen LogP contribution in [0.5, 0.6) is 5.75 Å². The van der Waals surface area contributed by atoms with E-state index in [4.69, 9.17) is 4.74 Å². The van der Waals surface area contributed by atoms with Gasteiger partial charge in [0.05, 0.1) is 12.0 Å². The Hall–Kier alpha value is -5.37. The number of hydrogen-bond donors (Lipinski definition) is 1. The summed E-state index contributed by atoms with van der Waals surface area (Å²) in [4.78, 5) is 27.0. The number of carbonyl (C=O) groups excluding carboxylic acids is 1. The molecule has 1 amide bonds. The Morgan fingerprint density at radius 2 is 1.34 bits per heavy atom. The van der Waals surface area contributed by atoms with Gasteiger partial charge in [-0.25, -0.2) is 0 Å². The summed E-state index contributed by atoms with van der Waals surface area (Å²) in [7, 11) is 0. The standard InChI is InChI=1S/C39H34F3NO4/c40-39(41,42)33-20-16-29(17-21-33)26-43(24-23-37(44)45)38(46)35-22-19-31(25-32(35)18-15-28-9-3-1-4-10-28)34-13-7-8-14-36(34)47-27-30-11-5-2-6-12-30/h1-14,16-17,19-22,25H,15,18,23-24,26-27H2,(H,44,45). The van der Waals surface area contributed by atoms with Crippen LogP contribution in [-0.4, -0.2) is 28.4 Å². The number of para-hydroxylation sites is 1. The zero-order chi connectivity index (χ0) is 33.2. The third kappa shape index (κ3) is 9.10. The quantitative estimate of drug-likeness (QED) is 0.140. The number of carboxylic acids is 1. The van der Waals surface area contributed by atoms with Crippen molar-refractivity contribution in [1.29, 1.82) is 0 Å². The van der Waals surface area contributed by atoms with E-state index in [1.54, 1.807) is 6.07 Å². The van der Waals surface area contributed by atoms with E-state index in [1.165, 1.54) is 17.0 Å². The van der Waals surface area contributed by atoms with Crippen molar-refractivity contribution in [3.8, 4) is 16.9 Å². The molecule has 0 heterocycles. The van der Waals surface area contributed by atoms with Crippen LogP contribution < -0.4 is 4.74 Å². The van der Waals surface area contributed by atoms with Gasteiger partial charge in [0.1, 0.15) is 12.4 Å². The van der Waals surface area contributed by atoms with Crippen LogP contribution >= 0.6 is 0 Å². The summed E-state index contributed by atoms with van der Waals surface area (Å²) in [5.41, 5.74) is 4.67. The molecule has 0 aromatic heterocycles. The van der Waals surface area contributed by atoms with Gasteiger partial charge in [-0.1, -0.05) is 103 Å². The van der Waals surface area contributed by atoms with Gasteiger partial charge in [0.25, 0.3) is 5.91 Å². The molecule has 5 nitrogen and oxygen atoms in total. The minimum Gasteiger partial charge on any atom is -0.488 e. The molecule has 0 bridgehead atoms. The van der Waals surface area contributed by atoms with Gasteiger partial charge in [-0.15, -0.1) is 0 Å². The molecule has 0 aliphatic rings. The number of aliphatic carboxylic acids is 1. The first-order chi connectivity index (χ1) is 22.7. The number of carbonyl (C=O) groups is 2. The molecule has 0 aliphatic heterocycles. The molecule has 0 saturated carbocycles. The second-order valence-corrected chi connectivity index (χ2v) is 11.2. The summed E-state index contributed by atoms with van der Waals surface area (Å²) in [6.45, 7) is 0.239. The lowest BCUT2D eigenvalue weighted by molar-refractivity contribution is -0.138. The average Bonchev–Trinajstić information content (AvgIpc) is 3.08. The molecule has 0 unspecified atom stereocenters. The van der Waals surface area contributed by atoms with Gasteiger partial charge in [-0.2, -0.15) is 13.2 Å². The Bertz CT molecular complexity index is 1790. The normalized spacial score (nSPS) is 11.2. The van der Waals surface area contributed by atoms with E-state index in [0.717, 1.165) is 39.9 Å². The molecule has 1 N–H and O–H groups in total. The van der Waals surface area contributed by atoms with Crippen LogP contribution in [-0.2, 0) is 37.0 Å². The maximum Gasteiger partial charge on any atom is 0.416 e. The zero-order valence-electron chi connectivity index (χ0n) is 25.6. The molecule has 0 atom stereocenters. The minimum atomic E-state index is -4.49. The van der Waals surface area contributed by atoms with E-state index >= 15 is 0 Å². The van der Waals surface area contributed by atoms with E-state index < -0.39 is 23.6 Å². The molecular formula is C39H34F3NO4. The molecule has 0 aliphatic carbocycles. The summed E-state index contributed by atoms with van der Waals surface area (Å²) in [5, 5.41) is 9.40. The smallest absolute Gasteiger partial charge is 0.416 e. The number of halogens is 3. The van der Waals surface area contributed by atoms with Crippen molar-refractivity contribution in [2.24, 2.45) is 0 Å². The number of amides is 1. The van der Waals surface area contributed by atoms with E-state index in [2.05, 4.69) is 0 Å². The maximum atomic E-state index is 14.1. The number of benzene rings is 5. The Morgan fingerprint density at radius 1 is 0.702 bits per heavy atom. The van der Waals surface area contributed by atoms with Crippen LogP contribution in [0.4, 0.5) is 13.2 Å². The van der Waals surface area contributed by atoms with Gasteiger partial charge in [-0.05, 0) is 64.9 Å². The highest BCUT2D eigenvalue weighted by atomic mass is 19.4. The van der Waals surface area contributed by atoms with Crippen molar-refractivity contribution >= 4 is 11.9 Å². The van der Waals surface area contributed by atoms with Gasteiger partial charge in [0, 0.05) is 24.2 Å². The zero-order valence-corrected chi connectivity index (χ0v) is 25.6. The SMILES string of the molecule is O=C(O)CCN(Cc1ccc(C(F)(F)F)cc1)C(=O)c1ccc(-c2ccccc2OCc2ccccc2)cc1CCc1ccccc1. The number of rotatable bonds is 13. The van der Waals surface area contributed by atoms with E-state index in [1.807, 2.05) is 97.1 Å². The highest BCUT2D eigenvalue weighted by molar-refractivity contribution is 5.96. The molecule has 0 saturated heterocycles. The molecule has 240 valence electrons. The predicted octanol–water partition coefficient (Wildman–Crippen LogP) is 8.85. The summed E-state index contributed by atoms with van der Waals surface area (Å²) in [6.07, 6.45) is -3.61. The van der Waals surface area contributed by atoms with Gasteiger partial charge in [0.2, 0.25) is 0 Å². The largest absolute Gasteiger partial charge is 0.488 e. The van der Waals surface area contributed by atoms with Gasteiger partial charge < -0.3 is 14.7 Å². The molecule has 5 aromatic rings. The lowest BCUT2D eigenvalue weighted by atomic mass is 9.94. The predicted molar refractivity (Wildman–Crippen MR) is 175 cm³/mol. The van der Waals surface area contributed by atoms with Crippen LogP contribution in [0.1, 0.15) is 44.6 Å². The first-order valence-corrected chi connectivity index (χ1v) is 15.3. The number of hydrogen-bond acceptors (Lipinski definition) is 3. The fourth-order valence-corrected chi connectivity index (χ4v) is 5.34. The number of aryl methyl sites for hydroxylation is 2. The summed E-state index contributed by atoms with van der Waals surface area (Å²) in [6, 6.07) is 37.5. The molecule has 5 aromatic carbocycles. The number of nitrogens with zero attached hydrogens (tertiary/aromatic N) is 1. The fraction of sp³-hybridized carbons (Fsp3) is 0.179. The van der Waals surface area contributed by atoms with E-state index in [9.17, 15) is 27.9 Å². The van der Waals surface area contributed by atoms with Crippen molar-refractivity contribution in [3.63, 3.8) is 0 Å². The van der Waals surface area contributed by atoms with E-state index in [0.29, 0.717) is 36.3 Å². The van der Waals surface area contributed by atoms with Crippen LogP contribution in [0.2, 0.25) is 0 Å².